The lowest BCUT2D eigenvalue weighted by Gasteiger charge is -2.19. The topological polar surface area (TPSA) is 91.0 Å². The molecule has 1 amide bonds. The second-order valence-electron chi connectivity index (χ2n) is 10.9. The molecular formula is C31H33N5O2. The van der Waals surface area contributed by atoms with Gasteiger partial charge in [0, 0.05) is 37.3 Å². The molecule has 0 aliphatic carbocycles. The molecule has 1 saturated heterocycles. The smallest absolute Gasteiger partial charge is 0.246 e. The summed E-state index contributed by atoms with van der Waals surface area (Å²) in [5.74, 6) is 0.745. The molecule has 2 N–H and O–H groups in total. The van der Waals surface area contributed by atoms with E-state index in [1.807, 2.05) is 48.5 Å². The molecule has 1 fully saturated rings. The maximum absolute atomic E-state index is 13.1. The third kappa shape index (κ3) is 5.23. The highest BCUT2D eigenvalue weighted by molar-refractivity contribution is 6.01. The van der Waals surface area contributed by atoms with Gasteiger partial charge in [-0.1, -0.05) is 75.9 Å². The summed E-state index contributed by atoms with van der Waals surface area (Å²) in [5, 5.41) is 11.9. The summed E-state index contributed by atoms with van der Waals surface area (Å²) < 4.78 is 0. The van der Waals surface area contributed by atoms with Crippen LogP contribution in [-0.4, -0.2) is 50.9 Å². The Morgan fingerprint density at radius 1 is 1.16 bits per heavy atom. The van der Waals surface area contributed by atoms with Gasteiger partial charge >= 0.3 is 0 Å². The first-order chi connectivity index (χ1) is 18.2. The molecule has 7 heteroatoms. The summed E-state index contributed by atoms with van der Waals surface area (Å²) in [6.45, 7) is 11.4. The number of hydrogen-bond donors (Lipinski definition) is 2. The SMILES string of the molecule is C=CC(=O)N1CC[C@@H](Nc2n[nH]c3nccc(-c4cccc(CC(=O)c5ccc(C(C)(C)C)cc5)c4)c23)C1. The van der Waals surface area contributed by atoms with Crippen LogP contribution in [0.5, 0.6) is 0 Å². The van der Waals surface area contributed by atoms with Gasteiger partial charge in [-0.2, -0.15) is 5.10 Å². The van der Waals surface area contributed by atoms with E-state index >= 15 is 0 Å². The van der Waals surface area contributed by atoms with Crippen LogP contribution < -0.4 is 5.32 Å². The zero-order valence-electron chi connectivity index (χ0n) is 22.1. The average Bonchev–Trinajstić information content (AvgIpc) is 3.55. The second-order valence-corrected chi connectivity index (χ2v) is 10.9. The van der Waals surface area contributed by atoms with Gasteiger partial charge in [-0.3, -0.25) is 14.7 Å². The molecule has 0 spiro atoms. The summed E-state index contributed by atoms with van der Waals surface area (Å²) in [6.07, 6.45) is 4.27. The highest BCUT2D eigenvalue weighted by Gasteiger charge is 2.26. The van der Waals surface area contributed by atoms with Crippen molar-refractivity contribution in [2.75, 3.05) is 18.4 Å². The summed E-state index contributed by atoms with van der Waals surface area (Å²) >= 11 is 0. The summed E-state index contributed by atoms with van der Waals surface area (Å²) in [7, 11) is 0. The van der Waals surface area contributed by atoms with Crippen molar-refractivity contribution in [2.24, 2.45) is 0 Å². The highest BCUT2D eigenvalue weighted by atomic mass is 16.2. The number of amides is 1. The Morgan fingerprint density at radius 2 is 1.95 bits per heavy atom. The first-order valence-electron chi connectivity index (χ1n) is 13.0. The minimum atomic E-state index is -0.0555. The van der Waals surface area contributed by atoms with E-state index in [0.29, 0.717) is 31.0 Å². The molecule has 2 aromatic carbocycles. The number of H-pyrrole nitrogens is 1. The number of aromatic amines is 1. The lowest BCUT2D eigenvalue weighted by molar-refractivity contribution is -0.125. The lowest BCUT2D eigenvalue weighted by Crippen LogP contribution is -2.30. The van der Waals surface area contributed by atoms with Gasteiger partial charge in [0.05, 0.1) is 5.39 Å². The molecule has 38 heavy (non-hydrogen) atoms. The summed E-state index contributed by atoms with van der Waals surface area (Å²) in [5.41, 5.74) is 5.58. The maximum atomic E-state index is 13.1. The van der Waals surface area contributed by atoms with Crippen LogP contribution in [0.4, 0.5) is 5.82 Å². The largest absolute Gasteiger partial charge is 0.363 e. The third-order valence-corrected chi connectivity index (χ3v) is 7.15. The number of benzene rings is 2. The molecule has 0 bridgehead atoms. The number of carbonyl (C=O) groups excluding carboxylic acids is 2. The van der Waals surface area contributed by atoms with Gasteiger partial charge in [0.15, 0.2) is 17.2 Å². The number of Topliss-reactive ketones (excluding diaryl/α,β-unsaturated/α-hetero) is 1. The van der Waals surface area contributed by atoms with Crippen molar-refractivity contribution in [3.63, 3.8) is 0 Å². The number of hydrogen-bond acceptors (Lipinski definition) is 5. The molecule has 3 heterocycles. The van der Waals surface area contributed by atoms with Crippen molar-refractivity contribution >= 4 is 28.5 Å². The number of fused-ring (bicyclic) bond motifs is 1. The monoisotopic (exact) mass is 507 g/mol. The van der Waals surface area contributed by atoms with Crippen LogP contribution in [0, 0.1) is 0 Å². The van der Waals surface area contributed by atoms with E-state index in [9.17, 15) is 9.59 Å². The highest BCUT2D eigenvalue weighted by Crippen LogP contribution is 2.33. The van der Waals surface area contributed by atoms with E-state index in [-0.39, 0.29) is 23.1 Å². The Hall–Kier alpha value is -4.26. The zero-order chi connectivity index (χ0) is 26.9. The van der Waals surface area contributed by atoms with Gasteiger partial charge in [-0.05, 0) is 46.2 Å². The predicted molar refractivity (Wildman–Crippen MR) is 151 cm³/mol. The first kappa shape index (κ1) is 25.4. The van der Waals surface area contributed by atoms with Crippen LogP contribution in [0.25, 0.3) is 22.2 Å². The van der Waals surface area contributed by atoms with Crippen LogP contribution in [0.2, 0.25) is 0 Å². The Balaban J connectivity index is 1.38. The second kappa shape index (κ2) is 10.2. The number of rotatable bonds is 7. The number of likely N-dealkylation sites (tertiary alicyclic amines) is 1. The van der Waals surface area contributed by atoms with E-state index in [1.54, 1.807) is 11.1 Å². The number of carbonyl (C=O) groups is 2. The van der Waals surface area contributed by atoms with E-state index < -0.39 is 0 Å². The molecule has 194 valence electrons. The number of ketones is 1. The van der Waals surface area contributed by atoms with Gasteiger partial charge in [-0.15, -0.1) is 0 Å². The molecule has 1 atom stereocenters. The van der Waals surface area contributed by atoms with Crippen molar-refractivity contribution < 1.29 is 9.59 Å². The minimum absolute atomic E-state index is 0.0484. The Labute approximate surface area is 223 Å². The zero-order valence-corrected chi connectivity index (χ0v) is 22.1. The summed E-state index contributed by atoms with van der Waals surface area (Å²) in [4.78, 5) is 31.3. The number of nitrogens with one attached hydrogen (secondary N) is 2. The van der Waals surface area contributed by atoms with E-state index in [1.165, 1.54) is 11.6 Å². The quantitative estimate of drug-likeness (QED) is 0.253. The molecule has 7 nitrogen and oxygen atoms in total. The molecule has 0 radical (unpaired) electrons. The fourth-order valence-electron chi connectivity index (χ4n) is 4.99. The van der Waals surface area contributed by atoms with Crippen molar-refractivity contribution in [1.82, 2.24) is 20.1 Å². The van der Waals surface area contributed by atoms with Gasteiger partial charge in [0.25, 0.3) is 0 Å². The minimum Gasteiger partial charge on any atom is -0.363 e. The van der Waals surface area contributed by atoms with E-state index in [0.717, 1.165) is 34.1 Å². The van der Waals surface area contributed by atoms with Gasteiger partial charge in [-0.25, -0.2) is 4.98 Å². The van der Waals surface area contributed by atoms with Gasteiger partial charge in [0.2, 0.25) is 5.91 Å². The van der Waals surface area contributed by atoms with Crippen LogP contribution in [0.15, 0.2) is 73.4 Å². The van der Waals surface area contributed by atoms with Crippen LogP contribution >= 0.6 is 0 Å². The maximum Gasteiger partial charge on any atom is 0.246 e. The van der Waals surface area contributed by atoms with Gasteiger partial charge in [0.1, 0.15) is 0 Å². The molecule has 1 aliphatic rings. The van der Waals surface area contributed by atoms with Gasteiger partial charge < -0.3 is 10.2 Å². The standard InChI is InChI=1S/C31H33N5O2/c1-5-27(38)36-16-14-24(19-36)33-30-28-25(13-15-32-29(28)34-35-30)22-8-6-7-20(17-22)18-26(37)21-9-11-23(12-10-21)31(2,3)4/h5-13,15,17,24H,1,14,16,18-19H2,2-4H3,(H2,32,33,34,35)/t24-/m1/s1. The normalized spacial score (nSPS) is 15.6. The Morgan fingerprint density at radius 3 is 2.68 bits per heavy atom. The number of pyridine rings is 1. The summed E-state index contributed by atoms with van der Waals surface area (Å²) in [6, 6.07) is 18.1. The van der Waals surface area contributed by atoms with Crippen LogP contribution in [-0.2, 0) is 16.6 Å². The molecule has 4 aromatic rings. The third-order valence-electron chi connectivity index (χ3n) is 7.15. The molecule has 2 aromatic heterocycles. The van der Waals surface area contributed by atoms with E-state index in [2.05, 4.69) is 53.9 Å². The van der Waals surface area contributed by atoms with Crippen molar-refractivity contribution in [1.29, 1.82) is 0 Å². The average molecular weight is 508 g/mol. The molecule has 0 unspecified atom stereocenters. The fourth-order valence-corrected chi connectivity index (χ4v) is 4.99. The van der Waals surface area contributed by atoms with Crippen LogP contribution in [0.1, 0.15) is 48.7 Å². The molecule has 1 aliphatic heterocycles. The van der Waals surface area contributed by atoms with Crippen molar-refractivity contribution in [2.45, 2.75) is 45.1 Å². The predicted octanol–water partition coefficient (Wildman–Crippen LogP) is 5.55. The number of aromatic nitrogens is 3. The Kier molecular flexibility index (Phi) is 6.85. The Bertz CT molecular complexity index is 1500. The molecule has 0 saturated carbocycles. The van der Waals surface area contributed by atoms with Crippen molar-refractivity contribution in [3.05, 3.63) is 90.1 Å². The van der Waals surface area contributed by atoms with Crippen molar-refractivity contribution in [3.8, 4) is 11.1 Å². The first-order valence-corrected chi connectivity index (χ1v) is 13.0. The number of anilines is 1. The van der Waals surface area contributed by atoms with Crippen LogP contribution in [0.3, 0.4) is 0 Å². The lowest BCUT2D eigenvalue weighted by atomic mass is 9.86. The number of nitrogens with zero attached hydrogens (tertiary/aromatic N) is 3. The molecule has 5 rings (SSSR count). The molecular weight excluding hydrogens is 474 g/mol. The van der Waals surface area contributed by atoms with E-state index in [4.69, 9.17) is 0 Å². The fraction of sp³-hybridized carbons (Fsp3) is 0.290.